The molecule has 0 aliphatic heterocycles. The fourth-order valence-electron chi connectivity index (χ4n) is 1.81. The molecule has 116 valence electrons. The van der Waals surface area contributed by atoms with E-state index >= 15 is 0 Å². The summed E-state index contributed by atoms with van der Waals surface area (Å²) in [5.74, 6) is -1.29. The topological polar surface area (TPSA) is 29.5 Å². The third-order valence-corrected chi connectivity index (χ3v) is 3.35. The number of rotatable bonds is 5. The van der Waals surface area contributed by atoms with Gasteiger partial charge in [0.05, 0.1) is 5.02 Å². The van der Waals surface area contributed by atoms with E-state index in [2.05, 4.69) is 0 Å². The van der Waals surface area contributed by atoms with E-state index in [1.54, 1.807) is 24.3 Å². The highest BCUT2D eigenvalue weighted by Crippen LogP contribution is 2.23. The summed E-state index contributed by atoms with van der Waals surface area (Å²) in [5.41, 5.74) is 0.231. The van der Waals surface area contributed by atoms with Crippen molar-refractivity contribution >= 4 is 17.5 Å². The lowest BCUT2D eigenvalue weighted by Crippen LogP contribution is -2.31. The number of benzene rings is 2. The average Bonchev–Trinajstić information content (AvgIpc) is 2.49. The molecule has 0 aromatic heterocycles. The molecule has 0 atom stereocenters. The Morgan fingerprint density at radius 3 is 2.64 bits per heavy atom. The van der Waals surface area contributed by atoms with Crippen molar-refractivity contribution in [2.45, 2.75) is 6.54 Å². The van der Waals surface area contributed by atoms with Gasteiger partial charge in [-0.1, -0.05) is 29.8 Å². The fourth-order valence-corrected chi connectivity index (χ4v) is 2.00. The first kappa shape index (κ1) is 16.2. The Bertz CT molecular complexity index is 679. The van der Waals surface area contributed by atoms with Gasteiger partial charge in [0, 0.05) is 25.2 Å². The summed E-state index contributed by atoms with van der Waals surface area (Å²) in [7, 11) is 1.51. The van der Waals surface area contributed by atoms with Crippen LogP contribution in [0.25, 0.3) is 0 Å². The Morgan fingerprint density at radius 2 is 1.95 bits per heavy atom. The molecule has 0 fully saturated rings. The highest BCUT2D eigenvalue weighted by atomic mass is 35.5. The molecule has 0 heterocycles. The summed E-state index contributed by atoms with van der Waals surface area (Å²) in [5, 5.41) is 0.405. The van der Waals surface area contributed by atoms with E-state index < -0.39 is 11.6 Å². The fraction of sp³-hybridized carbons (Fsp3) is 0.188. The van der Waals surface area contributed by atoms with Crippen LogP contribution >= 0.6 is 11.6 Å². The van der Waals surface area contributed by atoms with Crippen molar-refractivity contribution in [3.63, 3.8) is 0 Å². The molecule has 0 saturated heterocycles. The van der Waals surface area contributed by atoms with Gasteiger partial charge in [0.25, 0.3) is 5.91 Å². The summed E-state index contributed by atoms with van der Waals surface area (Å²) >= 11 is 5.92. The molecule has 0 radical (unpaired) electrons. The van der Waals surface area contributed by atoms with E-state index in [-0.39, 0.29) is 24.6 Å². The molecular weight excluding hydrogens is 312 g/mol. The SMILES string of the molecule is CN(Cc1ccc(F)cc1F)C(=O)COc1ccccc1Cl. The number of para-hydroxylation sites is 1. The second-order valence-corrected chi connectivity index (χ2v) is 5.11. The quantitative estimate of drug-likeness (QED) is 0.839. The van der Waals surface area contributed by atoms with Crippen LogP contribution in [-0.2, 0) is 11.3 Å². The Labute approximate surface area is 132 Å². The standard InChI is InChI=1S/C16H14ClF2NO2/c1-20(9-11-6-7-12(18)8-14(11)19)16(21)10-22-15-5-3-2-4-13(15)17/h2-8H,9-10H2,1H3. The molecule has 0 aliphatic carbocycles. The predicted octanol–water partition coefficient (Wildman–Crippen LogP) is 3.66. The number of carbonyl (C=O) groups is 1. The summed E-state index contributed by atoms with van der Waals surface area (Å²) in [4.78, 5) is 13.3. The molecule has 2 rings (SSSR count). The van der Waals surface area contributed by atoms with Crippen molar-refractivity contribution in [1.82, 2.24) is 4.90 Å². The van der Waals surface area contributed by atoms with Crippen LogP contribution in [0.3, 0.4) is 0 Å². The number of amides is 1. The molecule has 6 heteroatoms. The van der Waals surface area contributed by atoms with E-state index in [1.165, 1.54) is 18.0 Å². The number of halogens is 3. The van der Waals surface area contributed by atoms with Gasteiger partial charge in [-0.2, -0.15) is 0 Å². The maximum Gasteiger partial charge on any atom is 0.260 e. The van der Waals surface area contributed by atoms with E-state index in [4.69, 9.17) is 16.3 Å². The third kappa shape index (κ3) is 4.18. The van der Waals surface area contributed by atoms with Crippen molar-refractivity contribution < 1.29 is 18.3 Å². The monoisotopic (exact) mass is 325 g/mol. The average molecular weight is 326 g/mol. The minimum absolute atomic E-state index is 0.0246. The normalized spacial score (nSPS) is 10.4. The van der Waals surface area contributed by atoms with Gasteiger partial charge in [0.1, 0.15) is 17.4 Å². The zero-order valence-electron chi connectivity index (χ0n) is 11.9. The van der Waals surface area contributed by atoms with Gasteiger partial charge in [-0.3, -0.25) is 4.79 Å². The molecule has 0 saturated carbocycles. The largest absolute Gasteiger partial charge is 0.482 e. The Morgan fingerprint density at radius 1 is 1.23 bits per heavy atom. The van der Waals surface area contributed by atoms with Gasteiger partial charge < -0.3 is 9.64 Å². The first-order valence-corrected chi connectivity index (χ1v) is 6.90. The molecule has 0 bridgehead atoms. The van der Waals surface area contributed by atoms with Crippen LogP contribution in [0.2, 0.25) is 5.02 Å². The van der Waals surface area contributed by atoms with Gasteiger partial charge in [0.2, 0.25) is 0 Å². The molecule has 0 aliphatic rings. The first-order valence-electron chi connectivity index (χ1n) is 6.52. The van der Waals surface area contributed by atoms with Gasteiger partial charge in [-0.05, 0) is 18.2 Å². The van der Waals surface area contributed by atoms with Gasteiger partial charge in [0.15, 0.2) is 6.61 Å². The van der Waals surface area contributed by atoms with Gasteiger partial charge in [-0.25, -0.2) is 8.78 Å². The Balaban J connectivity index is 1.93. The van der Waals surface area contributed by atoms with E-state index in [9.17, 15) is 13.6 Å². The van der Waals surface area contributed by atoms with E-state index in [1.807, 2.05) is 0 Å². The highest BCUT2D eigenvalue weighted by Gasteiger charge is 2.13. The van der Waals surface area contributed by atoms with Crippen LogP contribution in [-0.4, -0.2) is 24.5 Å². The molecule has 22 heavy (non-hydrogen) atoms. The smallest absolute Gasteiger partial charge is 0.260 e. The highest BCUT2D eigenvalue weighted by molar-refractivity contribution is 6.32. The molecule has 1 amide bonds. The number of nitrogens with zero attached hydrogens (tertiary/aromatic N) is 1. The lowest BCUT2D eigenvalue weighted by atomic mass is 10.2. The van der Waals surface area contributed by atoms with Crippen molar-refractivity contribution in [2.75, 3.05) is 13.7 Å². The number of likely N-dealkylation sites (N-methyl/N-ethyl adjacent to an activating group) is 1. The van der Waals surface area contributed by atoms with Crippen LogP contribution in [0.15, 0.2) is 42.5 Å². The lowest BCUT2D eigenvalue weighted by molar-refractivity contribution is -0.132. The predicted molar refractivity (Wildman–Crippen MR) is 79.8 cm³/mol. The van der Waals surface area contributed by atoms with Crippen molar-refractivity contribution in [3.8, 4) is 5.75 Å². The summed E-state index contributed by atoms with van der Waals surface area (Å²) in [6, 6.07) is 10.0. The second-order valence-electron chi connectivity index (χ2n) is 4.70. The molecule has 3 nitrogen and oxygen atoms in total. The number of hydrogen-bond acceptors (Lipinski definition) is 2. The summed E-state index contributed by atoms with van der Waals surface area (Å²) < 4.78 is 31.7. The lowest BCUT2D eigenvalue weighted by Gasteiger charge is -2.18. The van der Waals surface area contributed by atoms with Crippen molar-refractivity contribution in [1.29, 1.82) is 0 Å². The number of ether oxygens (including phenoxy) is 1. The first-order chi connectivity index (χ1) is 10.5. The molecule has 2 aromatic rings. The molecular formula is C16H14ClF2NO2. The van der Waals surface area contributed by atoms with Crippen LogP contribution in [0.1, 0.15) is 5.56 Å². The Hall–Kier alpha value is -2.14. The minimum atomic E-state index is -0.688. The van der Waals surface area contributed by atoms with Crippen molar-refractivity contribution in [3.05, 3.63) is 64.7 Å². The minimum Gasteiger partial charge on any atom is -0.482 e. The van der Waals surface area contributed by atoms with Gasteiger partial charge in [-0.15, -0.1) is 0 Å². The molecule has 0 unspecified atom stereocenters. The maximum atomic E-state index is 13.6. The summed E-state index contributed by atoms with van der Waals surface area (Å²) in [6.07, 6.45) is 0. The van der Waals surface area contributed by atoms with E-state index in [0.717, 1.165) is 12.1 Å². The zero-order chi connectivity index (χ0) is 16.1. The molecule has 2 aromatic carbocycles. The van der Waals surface area contributed by atoms with Crippen molar-refractivity contribution in [2.24, 2.45) is 0 Å². The van der Waals surface area contributed by atoms with Crippen LogP contribution in [0.4, 0.5) is 8.78 Å². The van der Waals surface area contributed by atoms with E-state index in [0.29, 0.717) is 10.8 Å². The number of carbonyl (C=O) groups excluding carboxylic acids is 1. The van der Waals surface area contributed by atoms with Crippen LogP contribution in [0, 0.1) is 11.6 Å². The maximum absolute atomic E-state index is 13.6. The van der Waals surface area contributed by atoms with Crippen LogP contribution in [0.5, 0.6) is 5.75 Å². The number of hydrogen-bond donors (Lipinski definition) is 0. The molecule has 0 spiro atoms. The zero-order valence-corrected chi connectivity index (χ0v) is 12.6. The second kappa shape index (κ2) is 7.22. The van der Waals surface area contributed by atoms with Crippen LogP contribution < -0.4 is 4.74 Å². The van der Waals surface area contributed by atoms with Gasteiger partial charge >= 0.3 is 0 Å². The summed E-state index contributed by atoms with van der Waals surface area (Å²) in [6.45, 7) is -0.195. The Kier molecular flexibility index (Phi) is 5.33. The third-order valence-electron chi connectivity index (χ3n) is 3.04. The molecule has 0 N–H and O–H groups in total.